The van der Waals surface area contributed by atoms with E-state index in [-0.39, 0.29) is 6.61 Å². The Bertz CT molecular complexity index is 743. The lowest BCUT2D eigenvalue weighted by atomic mass is 10.1. The summed E-state index contributed by atoms with van der Waals surface area (Å²) in [6.45, 7) is 2.30. The first-order chi connectivity index (χ1) is 11.3. The van der Waals surface area contributed by atoms with E-state index in [1.165, 1.54) is 12.8 Å². The van der Waals surface area contributed by atoms with E-state index in [4.69, 9.17) is 4.74 Å². The number of anilines is 4. The molecule has 2 N–H and O–H groups in total. The predicted octanol–water partition coefficient (Wildman–Crippen LogP) is 2.88. The van der Waals surface area contributed by atoms with E-state index >= 15 is 0 Å². The number of carbonyl (C=O) groups excluding carboxylic acids is 1. The van der Waals surface area contributed by atoms with Gasteiger partial charge in [0.1, 0.15) is 12.4 Å². The molecule has 0 spiro atoms. The number of aromatic nitrogens is 2. The van der Waals surface area contributed by atoms with E-state index in [1.807, 2.05) is 24.3 Å². The van der Waals surface area contributed by atoms with Crippen molar-refractivity contribution in [1.82, 2.24) is 9.97 Å². The first-order valence-corrected chi connectivity index (χ1v) is 7.70. The summed E-state index contributed by atoms with van der Waals surface area (Å²) in [6, 6.07) is 7.56. The van der Waals surface area contributed by atoms with Crippen molar-refractivity contribution < 1.29 is 9.53 Å². The Labute approximate surface area is 133 Å². The Morgan fingerprint density at radius 1 is 1.22 bits per heavy atom. The van der Waals surface area contributed by atoms with Gasteiger partial charge in [-0.15, -0.1) is 0 Å². The van der Waals surface area contributed by atoms with Crippen molar-refractivity contribution in [1.29, 1.82) is 0 Å². The van der Waals surface area contributed by atoms with Crippen LogP contribution in [-0.4, -0.2) is 29.2 Å². The molecule has 1 saturated heterocycles. The van der Waals surface area contributed by atoms with E-state index in [1.54, 1.807) is 6.20 Å². The van der Waals surface area contributed by atoms with Gasteiger partial charge >= 0.3 is 6.09 Å². The van der Waals surface area contributed by atoms with Crippen LogP contribution in [0.25, 0.3) is 0 Å². The van der Waals surface area contributed by atoms with Gasteiger partial charge in [0.05, 0.1) is 5.69 Å². The first kappa shape index (κ1) is 13.8. The first-order valence-electron chi connectivity index (χ1n) is 7.70. The molecule has 0 bridgehead atoms. The number of benzene rings is 1. The molecular formula is C16H17N5O2. The number of fused-ring (bicyclic) bond motifs is 1. The molecule has 2 aliphatic rings. The summed E-state index contributed by atoms with van der Waals surface area (Å²) in [5, 5.41) is 5.96. The lowest BCUT2D eigenvalue weighted by Gasteiger charge is -2.19. The van der Waals surface area contributed by atoms with Crippen LogP contribution in [-0.2, 0) is 11.3 Å². The van der Waals surface area contributed by atoms with E-state index in [9.17, 15) is 4.79 Å². The lowest BCUT2D eigenvalue weighted by Crippen LogP contribution is -2.20. The fourth-order valence-electron chi connectivity index (χ4n) is 2.84. The Kier molecular flexibility index (Phi) is 3.45. The fourth-order valence-corrected chi connectivity index (χ4v) is 2.84. The van der Waals surface area contributed by atoms with Gasteiger partial charge in [0.25, 0.3) is 0 Å². The average molecular weight is 311 g/mol. The van der Waals surface area contributed by atoms with Gasteiger partial charge in [-0.25, -0.2) is 9.78 Å². The molecule has 1 fully saturated rings. The smallest absolute Gasteiger partial charge is 0.411 e. The largest absolute Gasteiger partial charge is 0.444 e. The van der Waals surface area contributed by atoms with Crippen molar-refractivity contribution in [3.63, 3.8) is 0 Å². The zero-order chi connectivity index (χ0) is 15.6. The molecule has 1 amide bonds. The number of cyclic esters (lactones) is 1. The highest BCUT2D eigenvalue weighted by Gasteiger charge is 2.17. The van der Waals surface area contributed by atoms with Crippen molar-refractivity contribution in [2.75, 3.05) is 28.6 Å². The van der Waals surface area contributed by atoms with E-state index in [0.29, 0.717) is 0 Å². The van der Waals surface area contributed by atoms with Crippen molar-refractivity contribution in [3.05, 3.63) is 36.0 Å². The average Bonchev–Trinajstić information content (AvgIpc) is 3.10. The molecule has 2 aromatic rings. The second kappa shape index (κ2) is 5.75. The number of nitrogens with zero attached hydrogens (tertiary/aromatic N) is 3. The summed E-state index contributed by atoms with van der Waals surface area (Å²) >= 11 is 0. The second-order valence-corrected chi connectivity index (χ2v) is 5.63. The topological polar surface area (TPSA) is 79.4 Å². The Hall–Kier alpha value is -2.83. The summed E-state index contributed by atoms with van der Waals surface area (Å²) in [7, 11) is 0. The van der Waals surface area contributed by atoms with Crippen LogP contribution in [0.3, 0.4) is 0 Å². The molecule has 2 aliphatic heterocycles. The van der Waals surface area contributed by atoms with Crippen molar-refractivity contribution >= 4 is 29.2 Å². The molecule has 3 heterocycles. The number of amides is 1. The van der Waals surface area contributed by atoms with Crippen molar-refractivity contribution in [2.24, 2.45) is 0 Å². The summed E-state index contributed by atoms with van der Waals surface area (Å²) < 4.78 is 4.99. The van der Waals surface area contributed by atoms with E-state index in [0.717, 1.165) is 41.8 Å². The van der Waals surface area contributed by atoms with Crippen LogP contribution in [0.15, 0.2) is 30.5 Å². The monoisotopic (exact) mass is 311 g/mol. The number of ether oxygens (including phenoxy) is 1. The molecule has 118 valence electrons. The van der Waals surface area contributed by atoms with Gasteiger partial charge in [-0.1, -0.05) is 0 Å². The SMILES string of the molecule is O=C1Nc2ccc(Nc3ccnc(N4CCCC4)n3)cc2CO1. The fraction of sp³-hybridized carbons (Fsp3) is 0.312. The molecular weight excluding hydrogens is 294 g/mol. The van der Waals surface area contributed by atoms with Gasteiger partial charge in [0, 0.05) is 30.5 Å². The number of hydrogen-bond donors (Lipinski definition) is 2. The lowest BCUT2D eigenvalue weighted by molar-refractivity contribution is 0.151. The van der Waals surface area contributed by atoms with Crippen molar-refractivity contribution in [3.8, 4) is 0 Å². The minimum absolute atomic E-state index is 0.277. The molecule has 0 saturated carbocycles. The summed E-state index contributed by atoms with van der Waals surface area (Å²) in [5.74, 6) is 1.52. The Morgan fingerprint density at radius 2 is 2.09 bits per heavy atom. The van der Waals surface area contributed by atoms with Crippen LogP contribution < -0.4 is 15.5 Å². The number of hydrogen-bond acceptors (Lipinski definition) is 6. The Balaban J connectivity index is 1.54. The van der Waals surface area contributed by atoms with Gasteiger partial charge in [0.2, 0.25) is 5.95 Å². The third-order valence-corrected chi connectivity index (χ3v) is 4.00. The third kappa shape index (κ3) is 2.90. The standard InChI is InChI=1S/C16H17N5O2/c22-16-19-13-4-3-12(9-11(13)10-23-16)18-14-5-6-17-15(20-14)21-7-1-2-8-21/h3-6,9H,1-2,7-8,10H2,(H,19,22)(H,17,18,20). The maximum absolute atomic E-state index is 11.2. The quantitative estimate of drug-likeness (QED) is 0.907. The molecule has 1 aromatic heterocycles. The number of nitrogens with one attached hydrogen (secondary N) is 2. The highest BCUT2D eigenvalue weighted by molar-refractivity contribution is 5.88. The highest BCUT2D eigenvalue weighted by atomic mass is 16.5. The van der Waals surface area contributed by atoms with E-state index in [2.05, 4.69) is 25.5 Å². The van der Waals surface area contributed by atoms with Gasteiger partial charge < -0.3 is 15.0 Å². The molecule has 23 heavy (non-hydrogen) atoms. The number of carbonyl (C=O) groups is 1. The molecule has 1 aromatic carbocycles. The number of rotatable bonds is 3. The van der Waals surface area contributed by atoms with Crippen LogP contribution in [0.2, 0.25) is 0 Å². The van der Waals surface area contributed by atoms with E-state index < -0.39 is 6.09 Å². The molecule has 0 aliphatic carbocycles. The maximum Gasteiger partial charge on any atom is 0.411 e. The van der Waals surface area contributed by atoms with Crippen molar-refractivity contribution in [2.45, 2.75) is 19.4 Å². The maximum atomic E-state index is 11.2. The van der Waals surface area contributed by atoms with Gasteiger partial charge in [-0.3, -0.25) is 5.32 Å². The summed E-state index contributed by atoms with van der Waals surface area (Å²) in [5.41, 5.74) is 2.62. The van der Waals surface area contributed by atoms with Crippen LogP contribution in [0.1, 0.15) is 18.4 Å². The zero-order valence-corrected chi connectivity index (χ0v) is 12.6. The molecule has 7 nitrogen and oxygen atoms in total. The minimum Gasteiger partial charge on any atom is -0.444 e. The van der Waals surface area contributed by atoms with Crippen LogP contribution >= 0.6 is 0 Å². The minimum atomic E-state index is -0.413. The summed E-state index contributed by atoms with van der Waals surface area (Å²) in [4.78, 5) is 22.3. The van der Waals surface area contributed by atoms with Gasteiger partial charge in [-0.2, -0.15) is 4.98 Å². The molecule has 0 unspecified atom stereocenters. The van der Waals surface area contributed by atoms with Crippen LogP contribution in [0.4, 0.5) is 27.9 Å². The van der Waals surface area contributed by atoms with Crippen LogP contribution in [0, 0.1) is 0 Å². The normalized spacial score (nSPS) is 16.5. The second-order valence-electron chi connectivity index (χ2n) is 5.63. The highest BCUT2D eigenvalue weighted by Crippen LogP contribution is 2.26. The predicted molar refractivity (Wildman–Crippen MR) is 87.0 cm³/mol. The zero-order valence-electron chi connectivity index (χ0n) is 12.6. The summed E-state index contributed by atoms with van der Waals surface area (Å²) in [6.07, 6.45) is 3.74. The molecule has 0 radical (unpaired) electrons. The van der Waals surface area contributed by atoms with Crippen LogP contribution in [0.5, 0.6) is 0 Å². The molecule has 0 atom stereocenters. The molecule has 7 heteroatoms. The third-order valence-electron chi connectivity index (χ3n) is 4.00. The molecule has 4 rings (SSSR count). The van der Waals surface area contributed by atoms with Gasteiger partial charge in [0.15, 0.2) is 0 Å². The van der Waals surface area contributed by atoms with Gasteiger partial charge in [-0.05, 0) is 37.1 Å². The Morgan fingerprint density at radius 3 is 2.96 bits per heavy atom.